The molecule has 0 nitrogen and oxygen atoms in total. The van der Waals surface area contributed by atoms with Crippen molar-refractivity contribution in [3.63, 3.8) is 0 Å². The second kappa shape index (κ2) is 7.93. The maximum absolute atomic E-state index is 14.6. The Morgan fingerprint density at radius 2 is 1.40 bits per heavy atom. The Hall–Kier alpha value is -0.860. The summed E-state index contributed by atoms with van der Waals surface area (Å²) in [5.41, 5.74) is 0.852. The van der Waals surface area contributed by atoms with Gasteiger partial charge in [0, 0.05) is 9.33 Å². The van der Waals surface area contributed by atoms with Crippen LogP contribution in [0.5, 0.6) is 0 Å². The van der Waals surface area contributed by atoms with E-state index in [0.29, 0.717) is 0 Å². The van der Waals surface area contributed by atoms with Gasteiger partial charge in [-0.25, -0.2) is 42.0 Å². The van der Waals surface area contributed by atoms with E-state index in [1.807, 2.05) is 23.9 Å². The van der Waals surface area contributed by atoms with Crippen LogP contribution in [0.15, 0.2) is 34.1 Å². The van der Waals surface area contributed by atoms with Crippen molar-refractivity contribution in [1.82, 2.24) is 0 Å². The smallest absolute Gasteiger partial charge is 0.200 e. The minimum atomic E-state index is -2.40. The van der Waals surface area contributed by atoms with Gasteiger partial charge in [-0.15, -0.1) is 11.8 Å². The SMILES string of the molecule is CC(c1cccc(S(C)(C)C2(C)CCS2)c1)S(C)(C)c1c(F)c(F)c(F)c(F)c1F. The first-order valence-corrected chi connectivity index (χ1v) is 15.4. The van der Waals surface area contributed by atoms with Gasteiger partial charge in [-0.1, -0.05) is 25.1 Å². The number of thioether (sulfide) groups is 1. The van der Waals surface area contributed by atoms with Crippen LogP contribution in [-0.4, -0.2) is 34.9 Å². The van der Waals surface area contributed by atoms with E-state index in [0.717, 1.165) is 17.7 Å². The lowest BCUT2D eigenvalue weighted by atomic mass is 10.2. The van der Waals surface area contributed by atoms with E-state index in [1.54, 1.807) is 19.4 Å². The number of hydrogen-bond acceptors (Lipinski definition) is 1. The molecule has 0 radical (unpaired) electrons. The Morgan fingerprint density at radius 3 is 1.87 bits per heavy atom. The Morgan fingerprint density at radius 1 is 0.900 bits per heavy atom. The lowest BCUT2D eigenvalue weighted by Gasteiger charge is -2.54. The molecule has 0 N–H and O–H groups in total. The van der Waals surface area contributed by atoms with Crippen molar-refractivity contribution >= 4 is 31.8 Å². The van der Waals surface area contributed by atoms with Crippen molar-refractivity contribution < 1.29 is 22.0 Å². The second-order valence-electron chi connectivity index (χ2n) is 8.58. The fraction of sp³-hybridized carbons (Fsp3) is 0.455. The van der Waals surface area contributed by atoms with Gasteiger partial charge in [0.2, 0.25) is 5.82 Å². The summed E-state index contributed by atoms with van der Waals surface area (Å²) in [6, 6.07) is 7.94. The molecule has 3 rings (SSSR count). The van der Waals surface area contributed by atoms with Crippen molar-refractivity contribution in [2.24, 2.45) is 0 Å². The minimum absolute atomic E-state index is 0.179. The number of rotatable bonds is 5. The standard InChI is InChI=1S/C22H27F5S3/c1-13(29(3,4)21-19(26)17(24)16(23)18(25)20(21)27)14-8-7-9-15(12-14)30(5,6)22(2)10-11-28-22/h7-9,12-13H,10-11H2,1-6H3. The zero-order chi connectivity index (χ0) is 22.6. The first kappa shape index (κ1) is 23.8. The molecule has 1 aliphatic rings. The van der Waals surface area contributed by atoms with E-state index in [2.05, 4.69) is 31.6 Å². The summed E-state index contributed by atoms with van der Waals surface area (Å²) in [6.45, 7) is 4.07. The predicted molar refractivity (Wildman–Crippen MR) is 122 cm³/mol. The normalized spacial score (nSPS) is 21.8. The molecule has 0 aliphatic carbocycles. The van der Waals surface area contributed by atoms with E-state index in [9.17, 15) is 22.0 Å². The Labute approximate surface area is 182 Å². The van der Waals surface area contributed by atoms with Crippen LogP contribution in [0.3, 0.4) is 0 Å². The Kier molecular flexibility index (Phi) is 6.29. The molecule has 8 heteroatoms. The van der Waals surface area contributed by atoms with E-state index in [1.165, 1.54) is 4.90 Å². The van der Waals surface area contributed by atoms with Crippen molar-refractivity contribution in [2.45, 2.75) is 39.4 Å². The van der Waals surface area contributed by atoms with Crippen LogP contribution in [0.2, 0.25) is 0 Å². The molecule has 1 aliphatic heterocycles. The van der Waals surface area contributed by atoms with Gasteiger partial charge in [0.05, 0.1) is 4.90 Å². The first-order chi connectivity index (χ1) is 13.8. The summed E-state index contributed by atoms with van der Waals surface area (Å²) in [5.74, 6) is -8.19. The molecule has 0 aromatic heterocycles. The van der Waals surface area contributed by atoms with Crippen LogP contribution in [0, 0.1) is 29.1 Å². The molecule has 168 valence electrons. The zero-order valence-corrected chi connectivity index (χ0v) is 20.4. The van der Waals surface area contributed by atoms with Crippen LogP contribution in [0.4, 0.5) is 22.0 Å². The summed E-state index contributed by atoms with van der Waals surface area (Å²) < 4.78 is 70.5. The van der Waals surface area contributed by atoms with Crippen LogP contribution in [-0.2, 0) is 0 Å². The van der Waals surface area contributed by atoms with E-state index >= 15 is 0 Å². The Balaban J connectivity index is 2.07. The van der Waals surface area contributed by atoms with E-state index < -0.39 is 59.3 Å². The molecule has 2 atom stereocenters. The summed E-state index contributed by atoms with van der Waals surface area (Å²) in [5, 5.41) is -0.400. The van der Waals surface area contributed by atoms with Crippen molar-refractivity contribution in [1.29, 1.82) is 0 Å². The largest absolute Gasteiger partial charge is 0.208 e. The van der Waals surface area contributed by atoms with Gasteiger partial charge in [0.1, 0.15) is 0 Å². The molecular formula is C22H27F5S3. The topological polar surface area (TPSA) is 0 Å². The van der Waals surface area contributed by atoms with E-state index in [4.69, 9.17) is 0 Å². The highest BCUT2D eigenvalue weighted by Gasteiger charge is 2.44. The highest BCUT2D eigenvalue weighted by atomic mass is 32.3. The van der Waals surface area contributed by atoms with Gasteiger partial charge in [-0.2, -0.15) is 0 Å². The zero-order valence-electron chi connectivity index (χ0n) is 17.9. The molecule has 0 spiro atoms. The molecule has 2 aromatic rings. The molecule has 0 amide bonds. The van der Waals surface area contributed by atoms with Crippen LogP contribution in [0.25, 0.3) is 0 Å². The average molecular weight is 483 g/mol. The van der Waals surface area contributed by atoms with Crippen LogP contribution < -0.4 is 0 Å². The highest BCUT2D eigenvalue weighted by molar-refractivity contribution is 8.41. The summed E-state index contributed by atoms with van der Waals surface area (Å²) in [4.78, 5) is 0.499. The molecule has 1 heterocycles. The molecular weight excluding hydrogens is 455 g/mol. The fourth-order valence-electron chi connectivity index (χ4n) is 3.69. The quantitative estimate of drug-likeness (QED) is 0.238. The van der Waals surface area contributed by atoms with Gasteiger partial charge in [0.15, 0.2) is 23.3 Å². The van der Waals surface area contributed by atoms with Crippen molar-refractivity contribution in [3.8, 4) is 0 Å². The highest BCUT2D eigenvalue weighted by Crippen LogP contribution is 2.70. The van der Waals surface area contributed by atoms with Gasteiger partial charge >= 0.3 is 0 Å². The monoisotopic (exact) mass is 482 g/mol. The van der Waals surface area contributed by atoms with Gasteiger partial charge in [-0.05, 0) is 60.6 Å². The third-order valence-corrected chi connectivity index (χ3v) is 16.6. The minimum Gasteiger partial charge on any atom is -0.208 e. The summed E-state index contributed by atoms with van der Waals surface area (Å²) >= 11 is 1.96. The second-order valence-corrected chi connectivity index (χ2v) is 18.4. The molecule has 2 unspecified atom stereocenters. The van der Waals surface area contributed by atoms with Crippen LogP contribution >= 0.6 is 31.8 Å². The lowest BCUT2D eigenvalue weighted by Crippen LogP contribution is -2.36. The Bertz CT molecular complexity index is 954. The fourth-order valence-corrected chi connectivity index (χ4v) is 10.6. The molecule has 0 saturated carbocycles. The molecule has 2 aromatic carbocycles. The average Bonchev–Trinajstić information content (AvgIpc) is 2.68. The van der Waals surface area contributed by atoms with Gasteiger partial charge in [0.25, 0.3) is 0 Å². The maximum atomic E-state index is 14.6. The van der Waals surface area contributed by atoms with Gasteiger partial charge < -0.3 is 0 Å². The predicted octanol–water partition coefficient (Wildman–Crippen LogP) is 7.84. The number of benzene rings is 2. The third-order valence-electron chi connectivity index (χ3n) is 6.54. The first-order valence-electron chi connectivity index (χ1n) is 9.46. The molecule has 1 saturated heterocycles. The lowest BCUT2D eigenvalue weighted by molar-refractivity contribution is 0.360. The summed E-state index contributed by atoms with van der Waals surface area (Å²) in [7, 11) is -3.55. The maximum Gasteiger partial charge on any atom is 0.200 e. The third kappa shape index (κ3) is 3.56. The molecule has 1 fully saturated rings. The van der Waals surface area contributed by atoms with Crippen LogP contribution in [0.1, 0.15) is 31.1 Å². The number of hydrogen-bond donors (Lipinski definition) is 0. The van der Waals surface area contributed by atoms with Crippen molar-refractivity contribution in [2.75, 3.05) is 30.8 Å². The molecule has 30 heavy (non-hydrogen) atoms. The summed E-state index contributed by atoms with van der Waals surface area (Å²) in [6.07, 6.45) is 8.88. The molecule has 0 bridgehead atoms. The van der Waals surface area contributed by atoms with Crippen molar-refractivity contribution in [3.05, 3.63) is 58.9 Å². The van der Waals surface area contributed by atoms with E-state index in [-0.39, 0.29) is 4.08 Å². The van der Waals surface area contributed by atoms with Gasteiger partial charge in [-0.3, -0.25) is 0 Å². The number of halogens is 5.